The summed E-state index contributed by atoms with van der Waals surface area (Å²) in [4.78, 5) is 6.93. The van der Waals surface area contributed by atoms with Crippen molar-refractivity contribution in [2.24, 2.45) is 0 Å². The summed E-state index contributed by atoms with van der Waals surface area (Å²) in [5, 5.41) is 3.62. The summed E-state index contributed by atoms with van der Waals surface area (Å²) >= 11 is 0. The Kier molecular flexibility index (Phi) is 5.48. The maximum Gasteiger partial charge on any atom is 0.0678 e. The molecule has 0 amide bonds. The summed E-state index contributed by atoms with van der Waals surface area (Å²) in [6.45, 7) is 9.35. The van der Waals surface area contributed by atoms with Crippen LogP contribution in [0, 0.1) is 0 Å². The van der Waals surface area contributed by atoms with Crippen LogP contribution in [-0.2, 0) is 11.3 Å². The zero-order valence-electron chi connectivity index (χ0n) is 14.8. The molecule has 0 spiro atoms. The fourth-order valence-corrected chi connectivity index (χ4v) is 3.39. The first kappa shape index (κ1) is 16.9. The van der Waals surface area contributed by atoms with Crippen molar-refractivity contribution in [2.75, 3.05) is 18.4 Å². The van der Waals surface area contributed by atoms with Gasteiger partial charge in [0.05, 0.1) is 23.9 Å². The molecule has 1 N–H and O–H groups in total. The number of pyridine rings is 1. The highest BCUT2D eigenvalue weighted by Crippen LogP contribution is 2.24. The van der Waals surface area contributed by atoms with Crippen LogP contribution in [0.2, 0.25) is 0 Å². The lowest BCUT2D eigenvalue weighted by atomic mass is 10.1. The van der Waals surface area contributed by atoms with Crippen LogP contribution < -0.4 is 5.32 Å². The van der Waals surface area contributed by atoms with Gasteiger partial charge in [-0.25, -0.2) is 0 Å². The summed E-state index contributed by atoms with van der Waals surface area (Å²) in [7, 11) is 0. The van der Waals surface area contributed by atoms with Gasteiger partial charge in [-0.2, -0.15) is 0 Å². The molecule has 4 nitrogen and oxygen atoms in total. The quantitative estimate of drug-likeness (QED) is 0.906. The average molecular weight is 325 g/mol. The second-order valence-electron chi connectivity index (χ2n) is 6.73. The van der Waals surface area contributed by atoms with E-state index in [1.807, 2.05) is 18.3 Å². The molecule has 2 aromatic rings. The van der Waals surface area contributed by atoms with Gasteiger partial charge in [-0.05, 0) is 44.5 Å². The number of anilines is 1. The lowest BCUT2D eigenvalue weighted by Crippen LogP contribution is -2.44. The highest BCUT2D eigenvalue weighted by Gasteiger charge is 2.22. The molecule has 3 atom stereocenters. The van der Waals surface area contributed by atoms with Gasteiger partial charge in [0.15, 0.2) is 0 Å². The molecule has 0 unspecified atom stereocenters. The first-order valence-electron chi connectivity index (χ1n) is 8.75. The van der Waals surface area contributed by atoms with E-state index in [4.69, 9.17) is 4.74 Å². The van der Waals surface area contributed by atoms with E-state index in [9.17, 15) is 0 Å². The van der Waals surface area contributed by atoms with Gasteiger partial charge in [0, 0.05) is 31.5 Å². The first-order chi connectivity index (χ1) is 11.6. The molecule has 4 heteroatoms. The van der Waals surface area contributed by atoms with Gasteiger partial charge in [0.1, 0.15) is 0 Å². The van der Waals surface area contributed by atoms with Crippen molar-refractivity contribution >= 4 is 5.69 Å². The maximum absolute atomic E-state index is 5.84. The molecule has 0 bridgehead atoms. The Bertz CT molecular complexity index is 636. The molecule has 1 saturated heterocycles. The van der Waals surface area contributed by atoms with Gasteiger partial charge in [0.2, 0.25) is 0 Å². The predicted octanol–water partition coefficient (Wildman–Crippen LogP) is 3.86. The average Bonchev–Trinajstić information content (AvgIpc) is 2.56. The largest absolute Gasteiger partial charge is 0.377 e. The van der Waals surface area contributed by atoms with Gasteiger partial charge < -0.3 is 10.1 Å². The van der Waals surface area contributed by atoms with E-state index in [0.29, 0.717) is 12.2 Å². The third-order valence-electron chi connectivity index (χ3n) is 4.41. The van der Waals surface area contributed by atoms with Crippen molar-refractivity contribution < 1.29 is 4.74 Å². The minimum atomic E-state index is 0.176. The summed E-state index contributed by atoms with van der Waals surface area (Å²) in [6.07, 6.45) is 2.43. The molecule has 0 radical (unpaired) electrons. The Morgan fingerprint density at radius 1 is 1.12 bits per heavy atom. The number of ether oxygens (including phenoxy) is 1. The number of nitrogens with zero attached hydrogens (tertiary/aromatic N) is 2. The van der Waals surface area contributed by atoms with Gasteiger partial charge in [-0.1, -0.05) is 24.3 Å². The molecule has 1 aromatic heterocycles. The minimum absolute atomic E-state index is 0.176. The number of rotatable bonds is 5. The van der Waals surface area contributed by atoms with Gasteiger partial charge in [0.25, 0.3) is 0 Å². The van der Waals surface area contributed by atoms with E-state index in [0.717, 1.165) is 25.3 Å². The second-order valence-corrected chi connectivity index (χ2v) is 6.73. The Morgan fingerprint density at radius 3 is 2.54 bits per heavy atom. The molecular formula is C20H27N3O. The Hall–Kier alpha value is -1.91. The molecule has 0 saturated carbocycles. The summed E-state index contributed by atoms with van der Waals surface area (Å²) in [6, 6.07) is 14.8. The normalized spacial score (nSPS) is 23.0. The molecule has 1 aromatic carbocycles. The smallest absolute Gasteiger partial charge is 0.0678 e. The third-order valence-corrected chi connectivity index (χ3v) is 4.41. The number of morpholine rings is 1. The SMILES string of the molecule is C[C@@H]1CN(Cc2ccccc2N[C@@H](C)c2ccccn2)C[C@H](C)O1. The van der Waals surface area contributed by atoms with E-state index in [2.05, 4.69) is 66.3 Å². The number of para-hydroxylation sites is 1. The van der Waals surface area contributed by atoms with E-state index < -0.39 is 0 Å². The Morgan fingerprint density at radius 2 is 1.83 bits per heavy atom. The lowest BCUT2D eigenvalue weighted by molar-refractivity contribution is -0.0704. The van der Waals surface area contributed by atoms with Gasteiger partial charge in [-0.3, -0.25) is 9.88 Å². The van der Waals surface area contributed by atoms with E-state index in [1.54, 1.807) is 0 Å². The fraction of sp³-hybridized carbons (Fsp3) is 0.450. The van der Waals surface area contributed by atoms with Crippen molar-refractivity contribution in [3.8, 4) is 0 Å². The second kappa shape index (κ2) is 7.77. The maximum atomic E-state index is 5.84. The molecule has 0 aliphatic carbocycles. The molecule has 2 heterocycles. The fourth-order valence-electron chi connectivity index (χ4n) is 3.39. The minimum Gasteiger partial charge on any atom is -0.377 e. The van der Waals surface area contributed by atoms with Crippen LogP contribution in [-0.4, -0.2) is 35.2 Å². The van der Waals surface area contributed by atoms with Crippen LogP contribution >= 0.6 is 0 Å². The van der Waals surface area contributed by atoms with Crippen LogP contribution in [0.1, 0.15) is 38.1 Å². The predicted molar refractivity (Wildman–Crippen MR) is 98.0 cm³/mol. The van der Waals surface area contributed by atoms with Crippen molar-refractivity contribution in [3.63, 3.8) is 0 Å². The van der Waals surface area contributed by atoms with E-state index >= 15 is 0 Å². The molecule has 1 aliphatic rings. The molecule has 1 fully saturated rings. The molecular weight excluding hydrogens is 298 g/mol. The first-order valence-corrected chi connectivity index (χ1v) is 8.75. The monoisotopic (exact) mass is 325 g/mol. The number of nitrogens with one attached hydrogen (secondary N) is 1. The van der Waals surface area contributed by atoms with Gasteiger partial charge in [-0.15, -0.1) is 0 Å². The van der Waals surface area contributed by atoms with E-state index in [-0.39, 0.29) is 6.04 Å². The van der Waals surface area contributed by atoms with Crippen LogP contribution in [0.4, 0.5) is 5.69 Å². The van der Waals surface area contributed by atoms with Crippen molar-refractivity contribution in [3.05, 3.63) is 59.9 Å². The Labute approximate surface area is 144 Å². The Balaban J connectivity index is 1.71. The molecule has 24 heavy (non-hydrogen) atoms. The van der Waals surface area contributed by atoms with Crippen LogP contribution in [0.5, 0.6) is 0 Å². The zero-order chi connectivity index (χ0) is 16.9. The van der Waals surface area contributed by atoms with Crippen molar-refractivity contribution in [1.29, 1.82) is 0 Å². The zero-order valence-corrected chi connectivity index (χ0v) is 14.8. The van der Waals surface area contributed by atoms with Gasteiger partial charge >= 0.3 is 0 Å². The van der Waals surface area contributed by atoms with Crippen LogP contribution in [0.3, 0.4) is 0 Å². The molecule has 128 valence electrons. The summed E-state index contributed by atoms with van der Waals surface area (Å²) in [5.41, 5.74) is 3.56. The topological polar surface area (TPSA) is 37.4 Å². The van der Waals surface area contributed by atoms with E-state index in [1.165, 1.54) is 11.3 Å². The number of hydrogen-bond acceptors (Lipinski definition) is 4. The van der Waals surface area contributed by atoms with Crippen LogP contribution in [0.15, 0.2) is 48.7 Å². The number of benzene rings is 1. The standard InChI is InChI=1S/C20H27N3O/c1-15-12-23(13-16(2)24-15)14-18-8-4-5-10-20(18)22-17(3)19-9-6-7-11-21-19/h4-11,15-17,22H,12-14H2,1-3H3/t15-,16+,17-/m0/s1. The molecule has 3 rings (SSSR count). The highest BCUT2D eigenvalue weighted by molar-refractivity contribution is 5.52. The third kappa shape index (κ3) is 4.34. The lowest BCUT2D eigenvalue weighted by Gasteiger charge is -2.35. The summed E-state index contributed by atoms with van der Waals surface area (Å²) < 4.78 is 5.84. The highest BCUT2D eigenvalue weighted by atomic mass is 16.5. The van der Waals surface area contributed by atoms with Crippen LogP contribution in [0.25, 0.3) is 0 Å². The van der Waals surface area contributed by atoms with Crippen molar-refractivity contribution in [2.45, 2.75) is 45.6 Å². The summed E-state index contributed by atoms with van der Waals surface area (Å²) in [5.74, 6) is 0. The van der Waals surface area contributed by atoms with Crippen molar-refractivity contribution in [1.82, 2.24) is 9.88 Å². The number of hydrogen-bond donors (Lipinski definition) is 1. The molecule has 1 aliphatic heterocycles. The number of aromatic nitrogens is 1.